The van der Waals surface area contributed by atoms with Gasteiger partial charge in [0.15, 0.2) is 5.78 Å². The molecular weight excluding hydrogens is 232 g/mol. The van der Waals surface area contributed by atoms with Gasteiger partial charge in [-0.3, -0.25) is 4.79 Å². The van der Waals surface area contributed by atoms with Crippen LogP contribution in [0.3, 0.4) is 0 Å². The van der Waals surface area contributed by atoms with Crippen LogP contribution in [0.2, 0.25) is 0 Å². The van der Waals surface area contributed by atoms with Crippen LogP contribution in [-0.2, 0) is 0 Å². The molecule has 1 nitrogen and oxygen atoms in total. The molecule has 0 radical (unpaired) electrons. The molecule has 0 heterocycles. The fourth-order valence-electron chi connectivity index (χ4n) is 2.09. The number of carbonyl (C=O) groups excluding carboxylic acids is 1. The van der Waals surface area contributed by atoms with E-state index >= 15 is 0 Å². The first kappa shape index (κ1) is 15.7. The summed E-state index contributed by atoms with van der Waals surface area (Å²) in [6.07, 6.45) is 13.6. The van der Waals surface area contributed by atoms with Crippen LogP contribution in [0.5, 0.6) is 0 Å². The van der Waals surface area contributed by atoms with Gasteiger partial charge in [-0.05, 0) is 25.3 Å². The van der Waals surface area contributed by atoms with E-state index in [1.165, 1.54) is 44.1 Å². The summed E-state index contributed by atoms with van der Waals surface area (Å²) in [6, 6.07) is 7.81. The maximum Gasteiger partial charge on any atom is 0.159 e. The van der Waals surface area contributed by atoms with Crippen LogP contribution < -0.4 is 0 Å². The highest BCUT2D eigenvalue weighted by Gasteiger charge is 1.96. The highest BCUT2D eigenvalue weighted by molar-refractivity contribution is 5.94. The van der Waals surface area contributed by atoms with Crippen molar-refractivity contribution in [3.05, 3.63) is 41.5 Å². The number of benzene rings is 1. The fraction of sp³-hybridized carbons (Fsp3) is 0.500. The van der Waals surface area contributed by atoms with Crippen molar-refractivity contribution in [3.63, 3.8) is 0 Å². The van der Waals surface area contributed by atoms with Crippen molar-refractivity contribution in [1.82, 2.24) is 0 Å². The Morgan fingerprint density at radius 2 is 1.63 bits per heavy atom. The molecule has 19 heavy (non-hydrogen) atoms. The third-order valence-electron chi connectivity index (χ3n) is 3.35. The van der Waals surface area contributed by atoms with E-state index < -0.39 is 0 Å². The predicted molar refractivity (Wildman–Crippen MR) is 83.5 cm³/mol. The molecule has 0 saturated heterocycles. The molecule has 0 N–H and O–H groups in total. The SMILES string of the molecule is CCCCCCCC/C=C/c1ccc(C(C)=O)cc1. The van der Waals surface area contributed by atoms with Gasteiger partial charge < -0.3 is 0 Å². The summed E-state index contributed by atoms with van der Waals surface area (Å²) >= 11 is 0. The molecule has 104 valence electrons. The molecule has 0 aliphatic carbocycles. The Kier molecular flexibility index (Phi) is 7.88. The van der Waals surface area contributed by atoms with E-state index in [1.54, 1.807) is 6.92 Å². The third kappa shape index (κ3) is 6.95. The second-order valence-electron chi connectivity index (χ2n) is 5.14. The summed E-state index contributed by atoms with van der Waals surface area (Å²) in [7, 11) is 0. The van der Waals surface area contributed by atoms with Crippen LogP contribution in [0.4, 0.5) is 0 Å². The molecule has 0 fully saturated rings. The Bertz CT molecular complexity index is 387. The third-order valence-corrected chi connectivity index (χ3v) is 3.35. The van der Waals surface area contributed by atoms with Gasteiger partial charge in [0.05, 0.1) is 0 Å². The number of hydrogen-bond acceptors (Lipinski definition) is 1. The van der Waals surface area contributed by atoms with E-state index in [1.807, 2.05) is 24.3 Å². The highest BCUT2D eigenvalue weighted by Crippen LogP contribution is 2.10. The number of carbonyl (C=O) groups is 1. The molecule has 1 heteroatoms. The summed E-state index contributed by atoms with van der Waals surface area (Å²) in [5.74, 6) is 0.127. The van der Waals surface area contributed by atoms with Gasteiger partial charge in [0.2, 0.25) is 0 Å². The lowest BCUT2D eigenvalue weighted by Crippen LogP contribution is -1.90. The number of ketones is 1. The molecule has 0 amide bonds. The van der Waals surface area contributed by atoms with Crippen LogP contribution in [0.25, 0.3) is 6.08 Å². The quantitative estimate of drug-likeness (QED) is 0.413. The molecule has 0 aliphatic rings. The average Bonchev–Trinajstić information content (AvgIpc) is 2.42. The molecule has 1 rings (SSSR count). The fourth-order valence-corrected chi connectivity index (χ4v) is 2.09. The number of hydrogen-bond donors (Lipinski definition) is 0. The van der Waals surface area contributed by atoms with Crippen molar-refractivity contribution >= 4 is 11.9 Å². The minimum Gasteiger partial charge on any atom is -0.295 e. The summed E-state index contributed by atoms with van der Waals surface area (Å²) in [5.41, 5.74) is 1.96. The first-order chi connectivity index (χ1) is 9.24. The largest absolute Gasteiger partial charge is 0.295 e. The first-order valence-electron chi connectivity index (χ1n) is 7.51. The predicted octanol–water partition coefficient (Wildman–Crippen LogP) is 5.65. The number of Topliss-reactive ketones (excluding diaryl/α,β-unsaturated/α-hetero) is 1. The van der Waals surface area contributed by atoms with Crippen molar-refractivity contribution in [2.45, 2.75) is 58.8 Å². The summed E-state index contributed by atoms with van der Waals surface area (Å²) < 4.78 is 0. The molecule has 0 spiro atoms. The van der Waals surface area contributed by atoms with Crippen molar-refractivity contribution < 1.29 is 4.79 Å². The lowest BCUT2D eigenvalue weighted by molar-refractivity contribution is 0.101. The van der Waals surface area contributed by atoms with E-state index in [4.69, 9.17) is 0 Å². The Balaban J connectivity index is 2.20. The van der Waals surface area contributed by atoms with E-state index in [0.717, 1.165) is 12.0 Å². The van der Waals surface area contributed by atoms with E-state index in [0.29, 0.717) is 0 Å². The summed E-state index contributed by atoms with van der Waals surface area (Å²) in [5, 5.41) is 0. The second-order valence-corrected chi connectivity index (χ2v) is 5.14. The number of allylic oxidation sites excluding steroid dienone is 1. The van der Waals surface area contributed by atoms with Gasteiger partial charge in [-0.1, -0.05) is 75.4 Å². The van der Waals surface area contributed by atoms with E-state index in [-0.39, 0.29) is 5.78 Å². The maximum absolute atomic E-state index is 11.1. The molecule has 0 aliphatic heterocycles. The van der Waals surface area contributed by atoms with E-state index in [9.17, 15) is 4.79 Å². The maximum atomic E-state index is 11.1. The standard InChI is InChI=1S/C18H26O/c1-3-4-5-6-7-8-9-10-11-17-12-14-18(15-13-17)16(2)19/h10-15H,3-9H2,1-2H3/b11-10+. The molecule has 1 aromatic rings. The van der Waals surface area contributed by atoms with Crippen LogP contribution in [-0.4, -0.2) is 5.78 Å². The monoisotopic (exact) mass is 258 g/mol. The topological polar surface area (TPSA) is 17.1 Å². The normalized spacial score (nSPS) is 11.1. The zero-order valence-corrected chi connectivity index (χ0v) is 12.3. The Labute approximate surface area is 117 Å². The lowest BCUT2D eigenvalue weighted by atomic mass is 10.1. The van der Waals surface area contributed by atoms with Crippen LogP contribution in [0.1, 0.15) is 74.7 Å². The summed E-state index contributed by atoms with van der Waals surface area (Å²) in [4.78, 5) is 11.1. The minimum atomic E-state index is 0.127. The number of unbranched alkanes of at least 4 members (excludes halogenated alkanes) is 6. The Morgan fingerprint density at radius 3 is 2.26 bits per heavy atom. The Hall–Kier alpha value is -1.37. The highest BCUT2D eigenvalue weighted by atomic mass is 16.1. The van der Waals surface area contributed by atoms with Gasteiger partial charge in [-0.25, -0.2) is 0 Å². The van der Waals surface area contributed by atoms with Crippen molar-refractivity contribution in [1.29, 1.82) is 0 Å². The van der Waals surface area contributed by atoms with Gasteiger partial charge in [-0.15, -0.1) is 0 Å². The average molecular weight is 258 g/mol. The first-order valence-corrected chi connectivity index (χ1v) is 7.51. The molecule has 0 bridgehead atoms. The van der Waals surface area contributed by atoms with E-state index in [2.05, 4.69) is 19.1 Å². The van der Waals surface area contributed by atoms with Gasteiger partial charge >= 0.3 is 0 Å². The van der Waals surface area contributed by atoms with Gasteiger partial charge in [0.1, 0.15) is 0 Å². The van der Waals surface area contributed by atoms with Gasteiger partial charge in [0, 0.05) is 5.56 Å². The van der Waals surface area contributed by atoms with Crippen molar-refractivity contribution in [3.8, 4) is 0 Å². The molecule has 1 aromatic carbocycles. The zero-order valence-electron chi connectivity index (χ0n) is 12.3. The molecular formula is C18H26O. The van der Waals surface area contributed by atoms with Crippen molar-refractivity contribution in [2.75, 3.05) is 0 Å². The molecule has 0 saturated carbocycles. The van der Waals surface area contributed by atoms with Crippen LogP contribution in [0, 0.1) is 0 Å². The molecule has 0 atom stereocenters. The Morgan fingerprint density at radius 1 is 1.00 bits per heavy atom. The smallest absolute Gasteiger partial charge is 0.159 e. The zero-order chi connectivity index (χ0) is 13.9. The van der Waals surface area contributed by atoms with Crippen LogP contribution >= 0.6 is 0 Å². The van der Waals surface area contributed by atoms with Crippen molar-refractivity contribution in [2.24, 2.45) is 0 Å². The second kappa shape index (κ2) is 9.55. The lowest BCUT2D eigenvalue weighted by Gasteiger charge is -1.98. The minimum absolute atomic E-state index is 0.127. The van der Waals surface area contributed by atoms with Gasteiger partial charge in [-0.2, -0.15) is 0 Å². The number of rotatable bonds is 9. The summed E-state index contributed by atoms with van der Waals surface area (Å²) in [6.45, 7) is 3.85. The van der Waals surface area contributed by atoms with Gasteiger partial charge in [0.25, 0.3) is 0 Å². The molecule has 0 unspecified atom stereocenters. The van der Waals surface area contributed by atoms with Crippen LogP contribution in [0.15, 0.2) is 30.3 Å². The molecule has 0 aromatic heterocycles.